The third-order valence-electron chi connectivity index (χ3n) is 4.13. The smallest absolute Gasteiger partial charge is 0.236 e. The Morgan fingerprint density at radius 3 is 2.41 bits per heavy atom. The molecule has 0 saturated heterocycles. The molecular weight excluding hydrogens is 358 g/mol. The van der Waals surface area contributed by atoms with Crippen molar-refractivity contribution < 1.29 is 14.3 Å². The highest BCUT2D eigenvalue weighted by atomic mass is 32.2. The van der Waals surface area contributed by atoms with Gasteiger partial charge in [-0.15, -0.1) is 0 Å². The Labute approximate surface area is 166 Å². The lowest BCUT2D eigenvalue weighted by Gasteiger charge is -2.20. The highest BCUT2D eigenvalue weighted by Crippen LogP contribution is 2.30. The first-order chi connectivity index (χ1) is 13.1. The summed E-state index contributed by atoms with van der Waals surface area (Å²) in [5.41, 5.74) is 3.08. The van der Waals surface area contributed by atoms with Gasteiger partial charge in [0.05, 0.1) is 26.5 Å². The van der Waals surface area contributed by atoms with Gasteiger partial charge in [0.1, 0.15) is 0 Å². The van der Waals surface area contributed by atoms with Gasteiger partial charge in [0, 0.05) is 6.20 Å². The van der Waals surface area contributed by atoms with Gasteiger partial charge in [-0.1, -0.05) is 43.3 Å². The van der Waals surface area contributed by atoms with Crippen LogP contribution in [0.15, 0.2) is 54.7 Å². The molecule has 0 unspecified atom stereocenters. The van der Waals surface area contributed by atoms with E-state index in [-0.39, 0.29) is 5.91 Å². The van der Waals surface area contributed by atoms with Gasteiger partial charge in [0.25, 0.3) is 0 Å². The Morgan fingerprint density at radius 2 is 1.78 bits per heavy atom. The first kappa shape index (κ1) is 20.9. The summed E-state index contributed by atoms with van der Waals surface area (Å²) in [5, 5.41) is 0. The number of allylic oxidation sites excluding steroid dienone is 1. The molecule has 0 fully saturated rings. The molecule has 2 aromatic rings. The lowest BCUT2D eigenvalue weighted by molar-refractivity contribution is -0.126. The molecule has 0 atom stereocenters. The van der Waals surface area contributed by atoms with Gasteiger partial charge in [0.2, 0.25) is 5.91 Å². The number of ether oxygens (including phenoxy) is 2. The average molecular weight is 386 g/mol. The fourth-order valence-electron chi connectivity index (χ4n) is 2.65. The third kappa shape index (κ3) is 6.07. The molecule has 144 valence electrons. The Kier molecular flexibility index (Phi) is 8.27. The van der Waals surface area contributed by atoms with Crippen molar-refractivity contribution in [2.24, 2.45) is 0 Å². The van der Waals surface area contributed by atoms with Crippen LogP contribution in [-0.2, 0) is 11.3 Å². The molecule has 0 heterocycles. The van der Waals surface area contributed by atoms with Gasteiger partial charge in [-0.05, 0) is 41.5 Å². The quantitative estimate of drug-likeness (QED) is 0.619. The molecule has 4 nitrogen and oxygen atoms in total. The van der Waals surface area contributed by atoms with Gasteiger partial charge in [-0.2, -0.15) is 11.8 Å². The van der Waals surface area contributed by atoms with E-state index in [4.69, 9.17) is 9.47 Å². The van der Waals surface area contributed by atoms with Gasteiger partial charge in [-0.25, -0.2) is 0 Å². The maximum absolute atomic E-state index is 12.7. The van der Waals surface area contributed by atoms with E-state index in [2.05, 4.69) is 6.92 Å². The Bertz CT molecular complexity index is 774. The molecule has 0 aliphatic carbocycles. The van der Waals surface area contributed by atoms with Crippen LogP contribution in [0.2, 0.25) is 0 Å². The summed E-state index contributed by atoms with van der Waals surface area (Å²) >= 11 is 1.63. The van der Waals surface area contributed by atoms with E-state index in [0.29, 0.717) is 23.8 Å². The monoisotopic (exact) mass is 385 g/mol. The highest BCUT2D eigenvalue weighted by Gasteiger charge is 2.13. The molecule has 0 bridgehead atoms. The van der Waals surface area contributed by atoms with E-state index in [1.807, 2.05) is 61.7 Å². The summed E-state index contributed by atoms with van der Waals surface area (Å²) in [6.45, 7) is 4.61. The summed E-state index contributed by atoms with van der Waals surface area (Å²) in [4.78, 5) is 14.5. The largest absolute Gasteiger partial charge is 0.493 e. The molecule has 27 heavy (non-hydrogen) atoms. The van der Waals surface area contributed by atoms with E-state index in [1.165, 1.54) is 0 Å². The Hall–Kier alpha value is -2.40. The van der Waals surface area contributed by atoms with Crippen LogP contribution < -0.4 is 9.47 Å². The summed E-state index contributed by atoms with van der Waals surface area (Å²) in [6.07, 6.45) is 1.92. The summed E-state index contributed by atoms with van der Waals surface area (Å²) in [6, 6.07) is 15.8. The molecule has 5 heteroatoms. The molecule has 0 saturated carbocycles. The predicted octanol–water partition coefficient (Wildman–Crippen LogP) is 4.85. The van der Waals surface area contributed by atoms with Crippen molar-refractivity contribution in [1.82, 2.24) is 4.90 Å². The van der Waals surface area contributed by atoms with E-state index in [9.17, 15) is 4.79 Å². The van der Waals surface area contributed by atoms with Crippen molar-refractivity contribution >= 4 is 23.2 Å². The fourth-order valence-corrected chi connectivity index (χ4v) is 3.19. The van der Waals surface area contributed by atoms with Crippen LogP contribution in [0.3, 0.4) is 0 Å². The normalized spacial score (nSPS) is 11.2. The van der Waals surface area contributed by atoms with Crippen LogP contribution >= 0.6 is 11.8 Å². The molecule has 0 aliphatic rings. The first-order valence-electron chi connectivity index (χ1n) is 8.91. The first-order valence-corrected chi connectivity index (χ1v) is 10.1. The summed E-state index contributed by atoms with van der Waals surface area (Å²) < 4.78 is 10.7. The number of nitrogens with zero attached hydrogens (tertiary/aromatic N) is 1. The number of carbonyl (C=O) groups is 1. The van der Waals surface area contributed by atoms with Crippen LogP contribution in [0.5, 0.6) is 11.5 Å². The van der Waals surface area contributed by atoms with Crippen LogP contribution in [0.4, 0.5) is 0 Å². The average Bonchev–Trinajstić information content (AvgIpc) is 2.71. The number of hydrogen-bond acceptors (Lipinski definition) is 4. The minimum Gasteiger partial charge on any atom is -0.493 e. The molecule has 2 rings (SSSR count). The molecule has 2 aromatic carbocycles. The molecule has 0 radical (unpaired) electrons. The summed E-state index contributed by atoms with van der Waals surface area (Å²) in [5.74, 6) is 2.85. The second-order valence-corrected chi connectivity index (χ2v) is 7.30. The van der Waals surface area contributed by atoms with Gasteiger partial charge in [0.15, 0.2) is 11.5 Å². The number of rotatable bonds is 9. The second kappa shape index (κ2) is 10.7. The predicted molar refractivity (Wildman–Crippen MR) is 113 cm³/mol. The number of thioether (sulfide) groups is 1. The minimum atomic E-state index is 0.102. The van der Waals surface area contributed by atoms with Crippen molar-refractivity contribution in [1.29, 1.82) is 0 Å². The zero-order chi connectivity index (χ0) is 19.6. The number of amides is 1. The zero-order valence-corrected chi connectivity index (χ0v) is 17.2. The summed E-state index contributed by atoms with van der Waals surface area (Å²) in [7, 11) is 3.24. The number of hydrogen-bond donors (Lipinski definition) is 0. The van der Waals surface area contributed by atoms with Crippen LogP contribution in [0.1, 0.15) is 25.0 Å². The van der Waals surface area contributed by atoms with Gasteiger partial charge in [-0.3, -0.25) is 4.79 Å². The second-order valence-electron chi connectivity index (χ2n) is 6.03. The van der Waals surface area contributed by atoms with Crippen LogP contribution in [0, 0.1) is 0 Å². The SMILES string of the molecule is CCSCC(=O)N(/C=C(/C)c1ccc(OC)c(OC)c1)Cc1ccccc1. The third-order valence-corrected chi connectivity index (χ3v) is 4.99. The zero-order valence-electron chi connectivity index (χ0n) is 16.4. The van der Waals surface area contributed by atoms with E-state index < -0.39 is 0 Å². The molecule has 0 aliphatic heterocycles. The van der Waals surface area contributed by atoms with E-state index in [0.717, 1.165) is 22.5 Å². The maximum atomic E-state index is 12.7. The van der Waals surface area contributed by atoms with Crippen molar-refractivity contribution in [3.63, 3.8) is 0 Å². The molecule has 0 aromatic heterocycles. The Balaban J connectivity index is 2.29. The maximum Gasteiger partial charge on any atom is 0.236 e. The standard InChI is InChI=1S/C22H27NO3S/c1-5-27-16-22(24)23(15-18-9-7-6-8-10-18)14-17(2)19-11-12-20(25-3)21(13-19)26-4/h6-14H,5,15-16H2,1-4H3/b17-14-. The van der Waals surface area contributed by atoms with E-state index in [1.54, 1.807) is 30.9 Å². The lowest BCUT2D eigenvalue weighted by Crippen LogP contribution is -2.27. The lowest BCUT2D eigenvalue weighted by atomic mass is 10.1. The van der Waals surface area contributed by atoms with Crippen molar-refractivity contribution in [3.05, 3.63) is 65.9 Å². The van der Waals surface area contributed by atoms with Gasteiger partial charge < -0.3 is 14.4 Å². The van der Waals surface area contributed by atoms with Crippen LogP contribution in [0.25, 0.3) is 5.57 Å². The van der Waals surface area contributed by atoms with E-state index >= 15 is 0 Å². The molecule has 0 N–H and O–H groups in total. The van der Waals surface area contributed by atoms with Crippen molar-refractivity contribution in [2.75, 3.05) is 25.7 Å². The minimum absolute atomic E-state index is 0.102. The van der Waals surface area contributed by atoms with Crippen molar-refractivity contribution in [3.8, 4) is 11.5 Å². The number of carbonyl (C=O) groups excluding carboxylic acids is 1. The Morgan fingerprint density at radius 1 is 1.07 bits per heavy atom. The van der Waals surface area contributed by atoms with Gasteiger partial charge >= 0.3 is 0 Å². The topological polar surface area (TPSA) is 38.8 Å². The number of methoxy groups -OCH3 is 2. The molecule has 0 spiro atoms. The van der Waals surface area contributed by atoms with Crippen LogP contribution in [-0.4, -0.2) is 36.5 Å². The molecular formula is C22H27NO3S. The number of benzene rings is 2. The van der Waals surface area contributed by atoms with Crippen molar-refractivity contribution in [2.45, 2.75) is 20.4 Å². The fraction of sp³-hybridized carbons (Fsp3) is 0.318. The molecule has 1 amide bonds. The highest BCUT2D eigenvalue weighted by molar-refractivity contribution is 7.99.